The number of halogens is 3. The molecule has 1 aromatic heterocycles. The van der Waals surface area contributed by atoms with Gasteiger partial charge in [-0.05, 0) is 22.6 Å². The van der Waals surface area contributed by atoms with Crippen LogP contribution in [0.4, 0.5) is 8.78 Å². The van der Waals surface area contributed by atoms with Crippen LogP contribution in [0.25, 0.3) is 0 Å². The molecule has 9 heavy (non-hydrogen) atoms. The van der Waals surface area contributed by atoms with Gasteiger partial charge in [-0.2, -0.15) is 13.9 Å². The Labute approximate surface area is 63.2 Å². The maximum atomic E-state index is 11.6. The van der Waals surface area contributed by atoms with Gasteiger partial charge in [0.1, 0.15) is 3.70 Å². The van der Waals surface area contributed by atoms with Gasteiger partial charge >= 0.3 is 6.55 Å². The first-order chi connectivity index (χ1) is 4.20. The van der Waals surface area contributed by atoms with E-state index in [0.717, 1.165) is 0 Å². The second kappa shape index (κ2) is 2.54. The van der Waals surface area contributed by atoms with Gasteiger partial charge in [0.25, 0.3) is 0 Å². The number of hydrogen-bond acceptors (Lipinski definition) is 2. The smallest absolute Gasteiger partial charge is 0.182 e. The first-order valence-corrected chi connectivity index (χ1v) is 3.13. The summed E-state index contributed by atoms with van der Waals surface area (Å²) >= 11 is 1.81. The SMILES string of the molecule is FC(F)n1ncc(I)n1. The van der Waals surface area contributed by atoms with E-state index < -0.39 is 6.55 Å². The van der Waals surface area contributed by atoms with Crippen molar-refractivity contribution in [2.45, 2.75) is 6.55 Å². The molecule has 0 aliphatic rings. The van der Waals surface area contributed by atoms with E-state index in [0.29, 0.717) is 8.50 Å². The molecule has 0 fully saturated rings. The van der Waals surface area contributed by atoms with Gasteiger partial charge in [0, 0.05) is 0 Å². The zero-order valence-electron chi connectivity index (χ0n) is 4.13. The van der Waals surface area contributed by atoms with E-state index in [4.69, 9.17) is 0 Å². The van der Waals surface area contributed by atoms with Crippen LogP contribution in [0.3, 0.4) is 0 Å². The van der Waals surface area contributed by atoms with Crippen LogP contribution < -0.4 is 0 Å². The lowest BCUT2D eigenvalue weighted by Gasteiger charge is -1.91. The summed E-state index contributed by atoms with van der Waals surface area (Å²) in [4.78, 5) is 0.363. The zero-order chi connectivity index (χ0) is 6.85. The van der Waals surface area contributed by atoms with Crippen LogP contribution in [-0.2, 0) is 0 Å². The van der Waals surface area contributed by atoms with Crippen molar-refractivity contribution < 1.29 is 8.78 Å². The predicted molar refractivity (Wildman–Crippen MR) is 34.0 cm³/mol. The second-order valence-corrected chi connectivity index (χ2v) is 2.37. The lowest BCUT2D eigenvalue weighted by molar-refractivity contribution is 0.0410. The summed E-state index contributed by atoms with van der Waals surface area (Å²) in [6, 6.07) is 0. The Morgan fingerprint density at radius 3 is 2.56 bits per heavy atom. The van der Waals surface area contributed by atoms with Crippen LogP contribution in [0.2, 0.25) is 0 Å². The maximum Gasteiger partial charge on any atom is 0.348 e. The van der Waals surface area contributed by atoms with Crippen molar-refractivity contribution in [1.82, 2.24) is 15.0 Å². The van der Waals surface area contributed by atoms with Gasteiger partial charge in [0.15, 0.2) is 0 Å². The third-order valence-corrected chi connectivity index (χ3v) is 1.15. The molecule has 0 aliphatic heterocycles. The highest BCUT2D eigenvalue weighted by atomic mass is 127. The molecule has 0 atom stereocenters. The largest absolute Gasteiger partial charge is 0.348 e. The van der Waals surface area contributed by atoms with Gasteiger partial charge in [-0.3, -0.25) is 0 Å². The van der Waals surface area contributed by atoms with Crippen molar-refractivity contribution in [1.29, 1.82) is 0 Å². The maximum absolute atomic E-state index is 11.6. The number of alkyl halides is 2. The summed E-state index contributed by atoms with van der Waals surface area (Å²) in [5.74, 6) is 0. The van der Waals surface area contributed by atoms with E-state index in [9.17, 15) is 8.78 Å². The van der Waals surface area contributed by atoms with Gasteiger partial charge in [-0.1, -0.05) is 0 Å². The minimum absolute atomic E-state index is 0.363. The predicted octanol–water partition coefficient (Wildman–Crippen LogP) is 1.28. The van der Waals surface area contributed by atoms with Crippen LogP contribution >= 0.6 is 22.6 Å². The summed E-state index contributed by atoms with van der Waals surface area (Å²) in [6.07, 6.45) is 1.27. The van der Waals surface area contributed by atoms with Gasteiger partial charge in [-0.15, -0.1) is 9.90 Å². The molecule has 1 aromatic rings. The zero-order valence-corrected chi connectivity index (χ0v) is 6.29. The summed E-state index contributed by atoms with van der Waals surface area (Å²) in [5, 5.41) is 6.62. The first-order valence-electron chi connectivity index (χ1n) is 2.05. The molecule has 0 spiro atoms. The molecule has 1 rings (SSSR count). The van der Waals surface area contributed by atoms with Crippen molar-refractivity contribution in [3.8, 4) is 0 Å². The Kier molecular flexibility index (Phi) is 1.94. The van der Waals surface area contributed by atoms with E-state index >= 15 is 0 Å². The van der Waals surface area contributed by atoms with Gasteiger partial charge in [-0.25, -0.2) is 0 Å². The molecule has 0 amide bonds. The van der Waals surface area contributed by atoms with Gasteiger partial charge < -0.3 is 0 Å². The standard InChI is InChI=1S/C3H2F2IN3/c4-3(5)9-7-1-2(6)8-9/h1,3H. The Balaban J connectivity index is 2.85. The van der Waals surface area contributed by atoms with E-state index in [1.165, 1.54) is 6.20 Å². The van der Waals surface area contributed by atoms with Gasteiger partial charge in [0.05, 0.1) is 6.20 Å². The third-order valence-electron chi connectivity index (χ3n) is 0.655. The van der Waals surface area contributed by atoms with Gasteiger partial charge in [0.2, 0.25) is 0 Å². The van der Waals surface area contributed by atoms with Crippen molar-refractivity contribution >= 4 is 22.6 Å². The molecule has 0 aromatic carbocycles. The minimum Gasteiger partial charge on any atom is -0.182 e. The number of nitrogens with zero attached hydrogens (tertiary/aromatic N) is 3. The molecule has 0 bridgehead atoms. The molecule has 0 saturated carbocycles. The Morgan fingerprint density at radius 1 is 1.67 bits per heavy atom. The van der Waals surface area contributed by atoms with E-state index in [1.54, 1.807) is 22.6 Å². The summed E-state index contributed by atoms with van der Waals surface area (Å²) in [7, 11) is 0. The quantitative estimate of drug-likeness (QED) is 0.697. The first kappa shape index (κ1) is 6.84. The summed E-state index contributed by atoms with van der Waals surface area (Å²) in [5.41, 5.74) is 0. The molecule has 3 nitrogen and oxygen atoms in total. The summed E-state index contributed by atoms with van der Waals surface area (Å²) in [6.45, 7) is -2.63. The molecular weight excluding hydrogens is 243 g/mol. The molecular formula is C3H2F2IN3. The fourth-order valence-electron chi connectivity index (χ4n) is 0.350. The second-order valence-electron chi connectivity index (χ2n) is 1.27. The van der Waals surface area contributed by atoms with Crippen LogP contribution in [0.5, 0.6) is 0 Å². The topological polar surface area (TPSA) is 30.7 Å². The number of aromatic nitrogens is 3. The fourth-order valence-corrected chi connectivity index (χ4v) is 0.696. The fraction of sp³-hybridized carbons (Fsp3) is 0.333. The van der Waals surface area contributed by atoms with Crippen LogP contribution in [0.15, 0.2) is 6.20 Å². The Morgan fingerprint density at radius 2 is 2.33 bits per heavy atom. The number of rotatable bonds is 1. The molecule has 0 saturated heterocycles. The van der Waals surface area contributed by atoms with E-state index in [1.807, 2.05) is 0 Å². The van der Waals surface area contributed by atoms with Crippen LogP contribution in [0, 0.1) is 3.70 Å². The highest BCUT2D eigenvalue weighted by molar-refractivity contribution is 14.1. The molecule has 0 N–H and O–H groups in total. The third kappa shape index (κ3) is 1.57. The Hall–Kier alpha value is -0.270. The molecule has 6 heteroatoms. The van der Waals surface area contributed by atoms with Crippen molar-refractivity contribution in [3.63, 3.8) is 0 Å². The van der Waals surface area contributed by atoms with Crippen molar-refractivity contribution in [2.75, 3.05) is 0 Å². The van der Waals surface area contributed by atoms with E-state index in [2.05, 4.69) is 10.2 Å². The highest BCUT2D eigenvalue weighted by Gasteiger charge is 2.06. The lowest BCUT2D eigenvalue weighted by Crippen LogP contribution is -2.01. The average molecular weight is 245 g/mol. The lowest BCUT2D eigenvalue weighted by atomic mass is 11.0. The average Bonchev–Trinajstić information content (AvgIpc) is 2.14. The molecule has 50 valence electrons. The van der Waals surface area contributed by atoms with E-state index in [-0.39, 0.29) is 0 Å². The summed E-state index contributed by atoms with van der Waals surface area (Å²) < 4.78 is 23.7. The monoisotopic (exact) mass is 245 g/mol. The van der Waals surface area contributed by atoms with Crippen LogP contribution in [0.1, 0.15) is 6.55 Å². The normalized spacial score (nSPS) is 10.7. The molecule has 0 radical (unpaired) electrons. The molecule has 0 aliphatic carbocycles. The highest BCUT2D eigenvalue weighted by Crippen LogP contribution is 2.06. The Bertz CT molecular complexity index is 199. The molecule has 1 heterocycles. The van der Waals surface area contributed by atoms with Crippen LogP contribution in [-0.4, -0.2) is 15.0 Å². The minimum atomic E-state index is -2.63. The van der Waals surface area contributed by atoms with Crippen molar-refractivity contribution in [2.24, 2.45) is 0 Å². The molecule has 0 unspecified atom stereocenters. The van der Waals surface area contributed by atoms with Crippen molar-refractivity contribution in [3.05, 3.63) is 9.90 Å². The number of hydrogen-bond donors (Lipinski definition) is 0.